The summed E-state index contributed by atoms with van der Waals surface area (Å²) in [5.74, 6) is 0.376. The molecular formula is C39H26BN. The van der Waals surface area contributed by atoms with Gasteiger partial charge >= 0.3 is 0 Å². The van der Waals surface area contributed by atoms with Gasteiger partial charge in [0.15, 0.2) is 0 Å². The van der Waals surface area contributed by atoms with Crippen molar-refractivity contribution >= 4 is 51.8 Å². The number of fused-ring (bicyclic) bond motifs is 5. The molecule has 4 aliphatic carbocycles. The van der Waals surface area contributed by atoms with E-state index in [4.69, 9.17) is 0 Å². The zero-order chi connectivity index (χ0) is 26.7. The predicted molar refractivity (Wildman–Crippen MR) is 174 cm³/mol. The van der Waals surface area contributed by atoms with Gasteiger partial charge in [-0.3, -0.25) is 0 Å². The number of rotatable bonds is 2. The van der Waals surface area contributed by atoms with E-state index in [0.29, 0.717) is 5.92 Å². The molecule has 0 spiro atoms. The first-order valence-electron chi connectivity index (χ1n) is 14.8. The second-order valence-electron chi connectivity index (χ2n) is 12.0. The Morgan fingerprint density at radius 2 is 1.68 bits per heavy atom. The van der Waals surface area contributed by atoms with Crippen molar-refractivity contribution in [2.45, 2.75) is 18.8 Å². The van der Waals surface area contributed by atoms with Gasteiger partial charge in [0.25, 0.3) is 0 Å². The lowest BCUT2D eigenvalue weighted by molar-refractivity contribution is 0.892. The Kier molecular flexibility index (Phi) is 4.22. The first kappa shape index (κ1) is 21.9. The van der Waals surface area contributed by atoms with Crippen molar-refractivity contribution in [1.29, 1.82) is 0 Å². The summed E-state index contributed by atoms with van der Waals surface area (Å²) < 4.78 is 0. The standard InChI is InChI=1S/C39H26BN/c1-2-8-24(7-1)27-19-20-35-34(23-27)40-33-13-4-3-11-31(33)32-12-6-14-36(39(32)40)41(35)30-21-28-17-15-25-9-5-10-26-16-18-29(22-30)38(28)37(25)26/h1,3-17,19-23,37H,2,18H2. The fourth-order valence-corrected chi connectivity index (χ4v) is 8.26. The summed E-state index contributed by atoms with van der Waals surface area (Å²) >= 11 is 0. The molecule has 6 aliphatic rings. The van der Waals surface area contributed by atoms with Gasteiger partial charge in [0, 0.05) is 23.0 Å². The van der Waals surface area contributed by atoms with E-state index in [9.17, 15) is 0 Å². The first-order valence-corrected chi connectivity index (χ1v) is 14.8. The quantitative estimate of drug-likeness (QED) is 0.216. The van der Waals surface area contributed by atoms with Crippen molar-refractivity contribution in [3.63, 3.8) is 0 Å². The molecule has 4 aromatic carbocycles. The topological polar surface area (TPSA) is 3.24 Å². The number of hydrogen-bond donors (Lipinski definition) is 0. The lowest BCUT2D eigenvalue weighted by atomic mass is 9.37. The molecule has 41 heavy (non-hydrogen) atoms. The number of anilines is 3. The molecule has 0 N–H and O–H groups in total. The summed E-state index contributed by atoms with van der Waals surface area (Å²) in [7, 11) is 0. The highest BCUT2D eigenvalue weighted by Crippen LogP contribution is 2.49. The summed E-state index contributed by atoms with van der Waals surface area (Å²) in [6, 6.07) is 28.0. The van der Waals surface area contributed by atoms with E-state index in [2.05, 4.69) is 132 Å². The molecule has 2 heteroatoms. The third kappa shape index (κ3) is 2.87. The van der Waals surface area contributed by atoms with Crippen LogP contribution in [0.1, 0.15) is 34.6 Å². The van der Waals surface area contributed by atoms with E-state index in [-0.39, 0.29) is 6.71 Å². The summed E-state index contributed by atoms with van der Waals surface area (Å²) in [6.45, 7) is 0.248. The van der Waals surface area contributed by atoms with Gasteiger partial charge in [0.1, 0.15) is 0 Å². The van der Waals surface area contributed by atoms with Crippen LogP contribution in [0.4, 0.5) is 17.1 Å². The van der Waals surface area contributed by atoms with Gasteiger partial charge in [0.2, 0.25) is 6.71 Å². The highest BCUT2D eigenvalue weighted by Gasteiger charge is 2.42. The minimum absolute atomic E-state index is 0.248. The SMILES string of the molecule is C1=CC2=CCc3cc(N4c5ccc(C6=CCC=C6)cc5B5c6ccccc6-c6cccc4c65)cc4c3C2C(=C1)C=C4. The van der Waals surface area contributed by atoms with Crippen LogP contribution in [0.2, 0.25) is 0 Å². The molecule has 1 atom stereocenters. The molecule has 1 unspecified atom stereocenters. The highest BCUT2D eigenvalue weighted by molar-refractivity contribution is 7.01. The number of hydrogen-bond acceptors (Lipinski definition) is 1. The number of benzene rings is 4. The van der Waals surface area contributed by atoms with E-state index in [1.807, 2.05) is 0 Å². The van der Waals surface area contributed by atoms with E-state index >= 15 is 0 Å². The molecule has 2 heterocycles. The third-order valence-electron chi connectivity index (χ3n) is 9.95. The lowest BCUT2D eigenvalue weighted by Gasteiger charge is -2.38. The van der Waals surface area contributed by atoms with Crippen molar-refractivity contribution in [1.82, 2.24) is 0 Å². The average molecular weight is 519 g/mol. The van der Waals surface area contributed by atoms with E-state index < -0.39 is 0 Å². The van der Waals surface area contributed by atoms with E-state index in [1.165, 1.54) is 83.6 Å². The molecule has 0 amide bonds. The summed E-state index contributed by atoms with van der Waals surface area (Å²) in [6.07, 6.45) is 22.8. The average Bonchev–Trinajstić information content (AvgIpc) is 3.68. The minimum Gasteiger partial charge on any atom is -0.311 e. The van der Waals surface area contributed by atoms with Crippen LogP contribution < -0.4 is 21.3 Å². The molecule has 0 saturated carbocycles. The van der Waals surface area contributed by atoms with Crippen LogP contribution in [0.15, 0.2) is 133 Å². The molecule has 0 aromatic heterocycles. The zero-order valence-corrected chi connectivity index (χ0v) is 22.6. The largest absolute Gasteiger partial charge is 0.311 e. The maximum Gasteiger partial charge on any atom is 0.248 e. The van der Waals surface area contributed by atoms with Crippen molar-refractivity contribution in [3.8, 4) is 11.1 Å². The zero-order valence-electron chi connectivity index (χ0n) is 22.6. The molecular weight excluding hydrogens is 493 g/mol. The Hall–Kier alpha value is -4.82. The van der Waals surface area contributed by atoms with Crippen LogP contribution in [0.25, 0.3) is 22.8 Å². The maximum absolute atomic E-state index is 2.55. The van der Waals surface area contributed by atoms with E-state index in [1.54, 1.807) is 0 Å². The second kappa shape index (κ2) is 7.89. The number of allylic oxidation sites excluding steroid dienone is 11. The van der Waals surface area contributed by atoms with Gasteiger partial charge in [-0.2, -0.15) is 0 Å². The Labute approximate surface area is 240 Å². The molecule has 0 bridgehead atoms. The molecule has 2 aliphatic heterocycles. The van der Waals surface area contributed by atoms with Gasteiger partial charge in [0.05, 0.1) is 0 Å². The van der Waals surface area contributed by atoms with Crippen LogP contribution in [-0.2, 0) is 6.42 Å². The summed E-state index contributed by atoms with van der Waals surface area (Å²) in [5, 5.41) is 0. The molecule has 190 valence electrons. The van der Waals surface area contributed by atoms with Crippen molar-refractivity contribution in [2.24, 2.45) is 0 Å². The van der Waals surface area contributed by atoms with E-state index in [0.717, 1.165) is 12.8 Å². The Morgan fingerprint density at radius 1 is 0.732 bits per heavy atom. The Morgan fingerprint density at radius 3 is 2.63 bits per heavy atom. The van der Waals surface area contributed by atoms with Crippen molar-refractivity contribution in [3.05, 3.63) is 155 Å². The molecule has 0 fully saturated rings. The Bertz CT molecular complexity index is 2060. The first-order chi connectivity index (χ1) is 20.3. The van der Waals surface area contributed by atoms with Crippen LogP contribution in [0.5, 0.6) is 0 Å². The molecule has 0 saturated heterocycles. The van der Waals surface area contributed by atoms with Gasteiger partial charge in [-0.25, -0.2) is 0 Å². The third-order valence-corrected chi connectivity index (χ3v) is 9.95. The monoisotopic (exact) mass is 519 g/mol. The van der Waals surface area contributed by atoms with Gasteiger partial charge in [-0.15, -0.1) is 0 Å². The predicted octanol–water partition coefficient (Wildman–Crippen LogP) is 7.40. The molecule has 0 radical (unpaired) electrons. The van der Waals surface area contributed by atoms with Crippen LogP contribution in [0, 0.1) is 0 Å². The van der Waals surface area contributed by atoms with Crippen molar-refractivity contribution < 1.29 is 0 Å². The second-order valence-corrected chi connectivity index (χ2v) is 12.0. The smallest absolute Gasteiger partial charge is 0.248 e. The molecule has 10 rings (SSSR count). The minimum atomic E-state index is 0.248. The molecule has 1 nitrogen and oxygen atoms in total. The normalized spacial score (nSPS) is 19.3. The van der Waals surface area contributed by atoms with Gasteiger partial charge in [-0.1, -0.05) is 109 Å². The lowest BCUT2D eigenvalue weighted by Crippen LogP contribution is -2.54. The van der Waals surface area contributed by atoms with Crippen molar-refractivity contribution in [2.75, 3.05) is 4.90 Å². The van der Waals surface area contributed by atoms with Crippen LogP contribution in [-0.4, -0.2) is 6.71 Å². The van der Waals surface area contributed by atoms with Crippen LogP contribution in [0.3, 0.4) is 0 Å². The highest BCUT2D eigenvalue weighted by atomic mass is 15.2. The summed E-state index contributed by atoms with van der Waals surface area (Å²) in [4.78, 5) is 2.55. The number of nitrogens with zero attached hydrogens (tertiary/aromatic N) is 1. The molecule has 4 aromatic rings. The summed E-state index contributed by atoms with van der Waals surface area (Å²) in [5.41, 5.74) is 20.7. The Balaban J connectivity index is 1.23. The van der Waals surface area contributed by atoms with Crippen LogP contribution >= 0.6 is 0 Å². The fraction of sp³-hybridized carbons (Fsp3) is 0.0769. The van der Waals surface area contributed by atoms with Gasteiger partial charge < -0.3 is 4.90 Å². The van der Waals surface area contributed by atoms with Gasteiger partial charge in [-0.05, 0) is 98.1 Å². The fourth-order valence-electron chi connectivity index (χ4n) is 8.26. The maximum atomic E-state index is 2.55.